The van der Waals surface area contributed by atoms with Crippen LogP contribution in [0.2, 0.25) is 5.02 Å². The van der Waals surface area contributed by atoms with Gasteiger partial charge in [0.25, 0.3) is 5.91 Å². The lowest BCUT2D eigenvalue weighted by Gasteiger charge is -2.47. The lowest BCUT2D eigenvalue weighted by atomic mass is 9.79. The maximum atomic E-state index is 14.0. The van der Waals surface area contributed by atoms with Crippen LogP contribution in [0.5, 0.6) is 5.75 Å². The second-order valence-corrected chi connectivity index (χ2v) is 12.5. The molecule has 0 radical (unpaired) electrons. The lowest BCUT2D eigenvalue weighted by Crippen LogP contribution is -2.59. The number of carboxylic acids is 1. The van der Waals surface area contributed by atoms with Gasteiger partial charge in [0, 0.05) is 18.2 Å². The zero-order chi connectivity index (χ0) is 28.2. The Kier molecular flexibility index (Phi) is 7.30. The van der Waals surface area contributed by atoms with Crippen LogP contribution in [0.4, 0.5) is 4.39 Å². The van der Waals surface area contributed by atoms with E-state index < -0.39 is 17.4 Å². The van der Waals surface area contributed by atoms with E-state index in [1.165, 1.54) is 12.1 Å². The van der Waals surface area contributed by atoms with Crippen molar-refractivity contribution in [1.82, 2.24) is 9.80 Å². The summed E-state index contributed by atoms with van der Waals surface area (Å²) in [5.41, 5.74) is 1.78. The SMILES string of the molecule is Cc1cc(Cl)c2c(c1)CN(C(=O)[C@@]1(C3CC3)CC[C@@H](N3CCC(c4ccc(F)c(C(=O)O)c4)[C@@H](C)C3)CO1)CO2. The fourth-order valence-corrected chi connectivity index (χ4v) is 7.45. The molecule has 2 aromatic carbocycles. The van der Waals surface area contributed by atoms with Gasteiger partial charge >= 0.3 is 5.97 Å². The average Bonchev–Trinajstić information content (AvgIpc) is 3.79. The van der Waals surface area contributed by atoms with Crippen LogP contribution in [0, 0.1) is 24.6 Å². The topological polar surface area (TPSA) is 79.3 Å². The van der Waals surface area contributed by atoms with Crippen molar-refractivity contribution < 1.29 is 28.6 Å². The summed E-state index contributed by atoms with van der Waals surface area (Å²) >= 11 is 6.38. The molecular formula is C31H36ClFN2O5. The van der Waals surface area contributed by atoms with Gasteiger partial charge in [0.1, 0.15) is 17.2 Å². The number of carboxylic acid groups (broad SMARTS) is 1. The van der Waals surface area contributed by atoms with E-state index >= 15 is 0 Å². The van der Waals surface area contributed by atoms with Gasteiger partial charge in [-0.05, 0) is 92.7 Å². The standard InChI is InChI=1S/C31H36ClFN2O5/c1-18-11-21-15-35(17-39-28(21)26(32)12-18)30(38)31(22-4-5-22)9-7-23(16-40-31)34-10-8-24(19(2)14-34)20-3-6-27(33)25(13-20)29(36)37/h3,6,11-13,19,22-24H,4-5,7-10,14-17H2,1-2H3,(H,36,37)/t19-,23+,24?,31-/m0/s1. The van der Waals surface area contributed by atoms with Gasteiger partial charge in [0.15, 0.2) is 6.73 Å². The van der Waals surface area contributed by atoms with Crippen LogP contribution in [-0.4, -0.2) is 64.9 Å². The summed E-state index contributed by atoms with van der Waals surface area (Å²) in [5, 5.41) is 9.92. The Bertz CT molecular complexity index is 1320. The molecule has 1 unspecified atom stereocenters. The van der Waals surface area contributed by atoms with Crippen LogP contribution in [0.3, 0.4) is 0 Å². The average molecular weight is 571 g/mol. The predicted octanol–water partition coefficient (Wildman–Crippen LogP) is 5.62. The molecule has 3 heterocycles. The molecule has 2 saturated heterocycles. The van der Waals surface area contributed by atoms with E-state index in [-0.39, 0.29) is 42.0 Å². The Balaban J connectivity index is 1.10. The van der Waals surface area contributed by atoms with Gasteiger partial charge in [0.2, 0.25) is 0 Å². The van der Waals surface area contributed by atoms with Crippen molar-refractivity contribution in [2.24, 2.45) is 11.8 Å². The number of halogens is 2. The van der Waals surface area contributed by atoms with E-state index in [1.54, 1.807) is 11.0 Å². The first-order valence-electron chi connectivity index (χ1n) is 14.3. The number of hydrogen-bond acceptors (Lipinski definition) is 5. The molecule has 6 rings (SSSR count). The molecule has 1 aliphatic carbocycles. The minimum atomic E-state index is -1.24. The molecule has 3 fully saturated rings. The summed E-state index contributed by atoms with van der Waals surface area (Å²) in [6.07, 6.45) is 4.45. The third-order valence-corrected chi connectivity index (χ3v) is 9.64. The Morgan fingerprint density at radius 3 is 2.62 bits per heavy atom. The maximum Gasteiger partial charge on any atom is 0.338 e. The number of carbonyl (C=O) groups excluding carboxylic acids is 1. The van der Waals surface area contributed by atoms with Crippen LogP contribution in [0.15, 0.2) is 30.3 Å². The van der Waals surface area contributed by atoms with Crippen LogP contribution in [0.25, 0.3) is 0 Å². The summed E-state index contributed by atoms with van der Waals surface area (Å²) < 4.78 is 26.5. The first kappa shape index (κ1) is 27.5. The smallest absolute Gasteiger partial charge is 0.338 e. The second kappa shape index (κ2) is 10.6. The number of benzene rings is 2. The molecule has 4 atom stereocenters. The van der Waals surface area contributed by atoms with Crippen molar-refractivity contribution in [2.45, 2.75) is 70.1 Å². The summed E-state index contributed by atoms with van der Waals surface area (Å²) in [6.45, 7) is 7.01. The molecule has 9 heteroatoms. The summed E-state index contributed by atoms with van der Waals surface area (Å²) in [5.74, 6) is -0.558. The van der Waals surface area contributed by atoms with E-state index in [0.717, 1.165) is 55.5 Å². The van der Waals surface area contributed by atoms with Gasteiger partial charge < -0.3 is 19.5 Å². The minimum Gasteiger partial charge on any atom is -0.478 e. The second-order valence-electron chi connectivity index (χ2n) is 12.1. The molecule has 1 N–H and O–H groups in total. The first-order valence-corrected chi connectivity index (χ1v) is 14.7. The zero-order valence-corrected chi connectivity index (χ0v) is 23.8. The van der Waals surface area contributed by atoms with Gasteiger partial charge in [-0.1, -0.05) is 30.7 Å². The largest absolute Gasteiger partial charge is 0.478 e. The molecular weight excluding hydrogens is 535 g/mol. The number of amides is 1. The van der Waals surface area contributed by atoms with Crippen molar-refractivity contribution in [2.75, 3.05) is 26.4 Å². The Morgan fingerprint density at radius 1 is 1.15 bits per heavy atom. The van der Waals surface area contributed by atoms with Gasteiger partial charge in [-0.15, -0.1) is 0 Å². The fourth-order valence-electron chi connectivity index (χ4n) is 7.10. The molecule has 0 bridgehead atoms. The number of piperidine rings is 1. The number of nitrogens with zero attached hydrogens (tertiary/aromatic N) is 2. The third-order valence-electron chi connectivity index (χ3n) is 9.36. The number of aryl methyl sites for hydroxylation is 1. The van der Waals surface area contributed by atoms with Crippen LogP contribution in [0.1, 0.15) is 72.0 Å². The molecule has 4 aliphatic rings. The Labute approximate surface area is 239 Å². The van der Waals surface area contributed by atoms with Crippen molar-refractivity contribution in [3.05, 3.63) is 63.4 Å². The Hall–Kier alpha value is -2.68. The summed E-state index contributed by atoms with van der Waals surface area (Å²) in [4.78, 5) is 29.6. The summed E-state index contributed by atoms with van der Waals surface area (Å²) in [7, 11) is 0. The normalized spacial score (nSPS) is 29.0. The maximum absolute atomic E-state index is 14.0. The highest BCUT2D eigenvalue weighted by Crippen LogP contribution is 2.49. The van der Waals surface area contributed by atoms with E-state index in [9.17, 15) is 19.1 Å². The fraction of sp³-hybridized carbons (Fsp3) is 0.548. The highest BCUT2D eigenvalue weighted by molar-refractivity contribution is 6.32. The molecule has 1 amide bonds. The number of ether oxygens (including phenoxy) is 2. The van der Waals surface area contributed by atoms with Crippen LogP contribution >= 0.6 is 11.6 Å². The monoisotopic (exact) mass is 570 g/mol. The molecule has 2 aromatic rings. The van der Waals surface area contributed by atoms with Crippen molar-refractivity contribution in [3.8, 4) is 5.75 Å². The highest BCUT2D eigenvalue weighted by atomic mass is 35.5. The van der Waals surface area contributed by atoms with Crippen molar-refractivity contribution in [1.29, 1.82) is 0 Å². The molecule has 0 spiro atoms. The number of aromatic carboxylic acids is 1. The van der Waals surface area contributed by atoms with Crippen molar-refractivity contribution in [3.63, 3.8) is 0 Å². The van der Waals surface area contributed by atoms with Crippen LogP contribution < -0.4 is 4.74 Å². The minimum absolute atomic E-state index is 0.0225. The molecule has 3 aliphatic heterocycles. The van der Waals surface area contributed by atoms with Gasteiger partial charge in [-0.2, -0.15) is 0 Å². The van der Waals surface area contributed by atoms with E-state index in [4.69, 9.17) is 21.1 Å². The van der Waals surface area contributed by atoms with Crippen molar-refractivity contribution >= 4 is 23.5 Å². The molecule has 0 aromatic heterocycles. The molecule has 7 nitrogen and oxygen atoms in total. The van der Waals surface area contributed by atoms with Crippen LogP contribution in [-0.2, 0) is 16.1 Å². The van der Waals surface area contributed by atoms with E-state index in [1.807, 2.05) is 19.1 Å². The van der Waals surface area contributed by atoms with Gasteiger partial charge in [-0.25, -0.2) is 9.18 Å². The molecule has 40 heavy (non-hydrogen) atoms. The lowest BCUT2D eigenvalue weighted by molar-refractivity contribution is -0.180. The number of carbonyl (C=O) groups is 2. The van der Waals surface area contributed by atoms with E-state index in [2.05, 4.69) is 11.8 Å². The van der Waals surface area contributed by atoms with Gasteiger partial charge in [-0.3, -0.25) is 9.69 Å². The predicted molar refractivity (Wildman–Crippen MR) is 148 cm³/mol. The Morgan fingerprint density at radius 2 is 1.95 bits per heavy atom. The quantitative estimate of drug-likeness (QED) is 0.503. The van der Waals surface area contributed by atoms with E-state index in [0.29, 0.717) is 30.3 Å². The molecule has 1 saturated carbocycles. The van der Waals surface area contributed by atoms with Gasteiger partial charge in [0.05, 0.1) is 23.7 Å². The number of rotatable bonds is 5. The number of hydrogen-bond donors (Lipinski definition) is 1. The number of fused-ring (bicyclic) bond motifs is 1. The number of likely N-dealkylation sites (tertiary alicyclic amines) is 1. The first-order chi connectivity index (χ1) is 19.2. The molecule has 214 valence electrons. The highest BCUT2D eigenvalue weighted by Gasteiger charge is 2.56. The third kappa shape index (κ3) is 4.99. The summed E-state index contributed by atoms with van der Waals surface area (Å²) in [6, 6.07) is 8.61. The zero-order valence-electron chi connectivity index (χ0n) is 23.0.